The Morgan fingerprint density at radius 3 is 2.79 bits per heavy atom. The summed E-state index contributed by atoms with van der Waals surface area (Å²) in [7, 11) is 0. The van der Waals surface area contributed by atoms with E-state index >= 15 is 0 Å². The summed E-state index contributed by atoms with van der Waals surface area (Å²) in [6.07, 6.45) is 0. The number of hydrogen-bond donors (Lipinski definition) is 3. The standard InChI is InChI=1S/C10H9FN6O2/c1-5-7(15-16-8(4-12)10(13)14)2-6(11)3-9(5)17(18)19/h2-3,15H,1H3,(H3,13,14)/b16-8+. The van der Waals surface area contributed by atoms with Gasteiger partial charge in [0.2, 0.25) is 5.71 Å². The molecule has 1 rings (SSSR count). The topological polar surface area (TPSA) is 141 Å². The zero-order valence-corrected chi connectivity index (χ0v) is 9.77. The number of amidine groups is 1. The SMILES string of the molecule is Cc1c(N/N=C(\C#N)C(=N)N)cc(F)cc1[N+](=O)[O-]. The summed E-state index contributed by atoms with van der Waals surface area (Å²) in [4.78, 5) is 9.96. The number of nitriles is 1. The van der Waals surface area contributed by atoms with E-state index in [4.69, 9.17) is 16.4 Å². The van der Waals surface area contributed by atoms with Crippen LogP contribution in [0.5, 0.6) is 0 Å². The van der Waals surface area contributed by atoms with Crippen LogP contribution < -0.4 is 11.2 Å². The van der Waals surface area contributed by atoms with Gasteiger partial charge in [-0.3, -0.25) is 20.9 Å². The lowest BCUT2D eigenvalue weighted by molar-refractivity contribution is -0.385. The molecule has 9 heteroatoms. The van der Waals surface area contributed by atoms with Crippen LogP contribution in [0, 0.1) is 39.6 Å². The summed E-state index contributed by atoms with van der Waals surface area (Å²) in [5.74, 6) is -1.39. The highest BCUT2D eigenvalue weighted by Crippen LogP contribution is 2.27. The molecule has 4 N–H and O–H groups in total. The van der Waals surface area contributed by atoms with Crippen LogP contribution in [-0.4, -0.2) is 16.5 Å². The van der Waals surface area contributed by atoms with Gasteiger partial charge in [-0.25, -0.2) is 4.39 Å². The van der Waals surface area contributed by atoms with Crippen LogP contribution in [0.1, 0.15) is 5.56 Å². The predicted molar refractivity (Wildman–Crippen MR) is 66.4 cm³/mol. The molecule has 0 aliphatic rings. The van der Waals surface area contributed by atoms with Crippen LogP contribution >= 0.6 is 0 Å². The molecule has 0 spiro atoms. The number of nitrogens with zero attached hydrogens (tertiary/aromatic N) is 3. The van der Waals surface area contributed by atoms with Crippen molar-refractivity contribution in [2.24, 2.45) is 10.8 Å². The van der Waals surface area contributed by atoms with Crippen LogP contribution in [0.4, 0.5) is 15.8 Å². The highest BCUT2D eigenvalue weighted by molar-refractivity contribution is 6.45. The molecule has 0 atom stereocenters. The molecule has 98 valence electrons. The van der Waals surface area contributed by atoms with Gasteiger partial charge in [0.05, 0.1) is 22.2 Å². The normalized spacial score (nSPS) is 10.7. The number of hydrogen-bond acceptors (Lipinski definition) is 6. The van der Waals surface area contributed by atoms with Gasteiger partial charge >= 0.3 is 0 Å². The minimum atomic E-state index is -0.823. The monoisotopic (exact) mass is 264 g/mol. The molecule has 0 aliphatic heterocycles. The number of benzene rings is 1. The quantitative estimate of drug-likeness (QED) is 0.325. The Balaban J connectivity index is 3.20. The maximum atomic E-state index is 13.2. The number of nitrogens with one attached hydrogen (secondary N) is 2. The molecule has 1 aromatic carbocycles. The third-order valence-corrected chi connectivity index (χ3v) is 2.19. The molecule has 0 saturated heterocycles. The molecule has 0 saturated carbocycles. The summed E-state index contributed by atoms with van der Waals surface area (Å²) in [5, 5.41) is 29.8. The van der Waals surface area contributed by atoms with E-state index in [9.17, 15) is 14.5 Å². The predicted octanol–water partition coefficient (Wildman–Crippen LogP) is 1.27. The minimum absolute atomic E-state index is 0.0145. The van der Waals surface area contributed by atoms with E-state index < -0.39 is 28.0 Å². The van der Waals surface area contributed by atoms with Gasteiger partial charge in [0.1, 0.15) is 11.9 Å². The lowest BCUT2D eigenvalue weighted by Gasteiger charge is -2.06. The number of nitro benzene ring substituents is 1. The van der Waals surface area contributed by atoms with Crippen molar-refractivity contribution >= 4 is 22.9 Å². The first-order valence-corrected chi connectivity index (χ1v) is 4.89. The smallest absolute Gasteiger partial charge is 0.277 e. The van der Waals surface area contributed by atoms with Crippen molar-refractivity contribution in [1.82, 2.24) is 0 Å². The molecular weight excluding hydrogens is 255 g/mol. The fourth-order valence-corrected chi connectivity index (χ4v) is 1.23. The fraction of sp³-hybridized carbons (Fsp3) is 0.100. The summed E-state index contributed by atoms with van der Waals surface area (Å²) >= 11 is 0. The molecular formula is C10H9FN6O2. The Kier molecular flexibility index (Phi) is 4.10. The van der Waals surface area contributed by atoms with Crippen LogP contribution in [0.15, 0.2) is 17.2 Å². The van der Waals surface area contributed by atoms with Crippen LogP contribution in [-0.2, 0) is 0 Å². The second-order valence-electron chi connectivity index (χ2n) is 3.45. The Morgan fingerprint density at radius 2 is 2.32 bits per heavy atom. The minimum Gasteiger partial charge on any atom is -0.382 e. The molecule has 0 amide bonds. The molecule has 0 unspecified atom stereocenters. The van der Waals surface area contributed by atoms with Crippen molar-refractivity contribution in [2.45, 2.75) is 6.92 Å². The van der Waals surface area contributed by atoms with E-state index in [0.29, 0.717) is 0 Å². The zero-order chi connectivity index (χ0) is 14.6. The maximum Gasteiger partial charge on any atom is 0.277 e. The molecule has 8 nitrogen and oxygen atoms in total. The van der Waals surface area contributed by atoms with E-state index in [2.05, 4.69) is 10.5 Å². The summed E-state index contributed by atoms with van der Waals surface area (Å²) in [6.45, 7) is 1.40. The van der Waals surface area contributed by atoms with Crippen molar-refractivity contribution in [3.8, 4) is 6.07 Å². The van der Waals surface area contributed by atoms with Gasteiger partial charge in [0.15, 0.2) is 5.84 Å². The number of nitro groups is 1. The third-order valence-electron chi connectivity index (χ3n) is 2.19. The summed E-state index contributed by atoms with van der Waals surface area (Å²) < 4.78 is 13.2. The molecule has 0 aliphatic carbocycles. The Bertz CT molecular complexity index is 619. The average molecular weight is 264 g/mol. The van der Waals surface area contributed by atoms with Crippen LogP contribution in [0.25, 0.3) is 0 Å². The van der Waals surface area contributed by atoms with Crippen molar-refractivity contribution < 1.29 is 9.31 Å². The number of anilines is 1. The average Bonchev–Trinajstić information content (AvgIpc) is 2.32. The van der Waals surface area contributed by atoms with E-state index in [1.807, 2.05) is 0 Å². The molecule has 0 radical (unpaired) electrons. The Labute approximate surface area is 107 Å². The van der Waals surface area contributed by atoms with E-state index in [-0.39, 0.29) is 11.3 Å². The number of nitrogens with two attached hydrogens (primary N) is 1. The van der Waals surface area contributed by atoms with Gasteiger partial charge in [0, 0.05) is 0 Å². The highest BCUT2D eigenvalue weighted by Gasteiger charge is 2.16. The zero-order valence-electron chi connectivity index (χ0n) is 9.77. The molecule has 0 bridgehead atoms. The van der Waals surface area contributed by atoms with Gasteiger partial charge in [-0.15, -0.1) is 0 Å². The fourth-order valence-electron chi connectivity index (χ4n) is 1.23. The van der Waals surface area contributed by atoms with E-state index in [1.165, 1.54) is 6.92 Å². The second-order valence-corrected chi connectivity index (χ2v) is 3.45. The number of hydrazone groups is 1. The summed E-state index contributed by atoms with van der Waals surface area (Å²) in [5.41, 5.74) is 6.68. The molecule has 0 fully saturated rings. The lowest BCUT2D eigenvalue weighted by atomic mass is 10.1. The van der Waals surface area contributed by atoms with Gasteiger partial charge in [0.25, 0.3) is 5.69 Å². The van der Waals surface area contributed by atoms with Gasteiger partial charge in [-0.1, -0.05) is 0 Å². The number of rotatable bonds is 4. The first-order chi connectivity index (χ1) is 8.86. The third kappa shape index (κ3) is 3.22. The molecule has 0 aromatic heterocycles. The Morgan fingerprint density at radius 1 is 1.68 bits per heavy atom. The molecule has 19 heavy (non-hydrogen) atoms. The molecule has 1 aromatic rings. The van der Waals surface area contributed by atoms with Crippen LogP contribution in [0.3, 0.4) is 0 Å². The van der Waals surface area contributed by atoms with Crippen LogP contribution in [0.2, 0.25) is 0 Å². The first kappa shape index (κ1) is 14.0. The highest BCUT2D eigenvalue weighted by atomic mass is 19.1. The van der Waals surface area contributed by atoms with Crippen molar-refractivity contribution in [1.29, 1.82) is 10.7 Å². The van der Waals surface area contributed by atoms with Crippen molar-refractivity contribution in [2.75, 3.05) is 5.43 Å². The summed E-state index contributed by atoms with van der Waals surface area (Å²) in [6, 6.07) is 3.32. The lowest BCUT2D eigenvalue weighted by Crippen LogP contribution is -2.22. The number of halogens is 1. The second kappa shape index (κ2) is 5.54. The van der Waals surface area contributed by atoms with E-state index in [1.54, 1.807) is 6.07 Å². The Hall–Kier alpha value is -3.02. The van der Waals surface area contributed by atoms with Gasteiger partial charge in [-0.2, -0.15) is 10.4 Å². The maximum absolute atomic E-state index is 13.2. The van der Waals surface area contributed by atoms with Gasteiger partial charge in [-0.05, 0) is 13.0 Å². The molecule has 0 heterocycles. The largest absolute Gasteiger partial charge is 0.382 e. The first-order valence-electron chi connectivity index (χ1n) is 4.89. The van der Waals surface area contributed by atoms with Gasteiger partial charge < -0.3 is 5.73 Å². The van der Waals surface area contributed by atoms with Crippen molar-refractivity contribution in [3.63, 3.8) is 0 Å². The van der Waals surface area contributed by atoms with E-state index in [0.717, 1.165) is 12.1 Å². The van der Waals surface area contributed by atoms with Crippen molar-refractivity contribution in [3.05, 3.63) is 33.6 Å².